The number of aliphatic imine (C=N–C) groups is 1. The van der Waals surface area contributed by atoms with Crippen molar-refractivity contribution in [3.8, 4) is 11.4 Å². The standard InChI is InChI=1S/C31H34F3N7O2/c1-17(2)40-14-25(31(32,33)34)37-28(40)20-7-5-19(6-8-20)26-24-11-23(15-43-24)41(26)30(22-9-10-22)18(3)29(42-4)38-27(39-30)21-12-35-16-36-13-21/h5-8,12-14,16-17,22-24,26H,9-11,15H2,1-4H3,(H,38,39). The Labute approximate surface area is 247 Å². The Bertz CT molecular complexity index is 1580. The van der Waals surface area contributed by atoms with Crippen molar-refractivity contribution in [2.75, 3.05) is 13.7 Å². The molecule has 1 aliphatic carbocycles. The van der Waals surface area contributed by atoms with Crippen molar-refractivity contribution < 1.29 is 22.6 Å². The third kappa shape index (κ3) is 4.53. The molecule has 3 aromatic rings. The zero-order valence-corrected chi connectivity index (χ0v) is 24.5. The molecule has 12 heteroatoms. The average molecular weight is 594 g/mol. The number of halogens is 3. The van der Waals surface area contributed by atoms with Gasteiger partial charge in [0.05, 0.1) is 31.4 Å². The largest absolute Gasteiger partial charge is 0.482 e. The van der Waals surface area contributed by atoms with Gasteiger partial charge in [-0.3, -0.25) is 4.90 Å². The molecule has 0 spiro atoms. The summed E-state index contributed by atoms with van der Waals surface area (Å²) in [6.45, 7) is 6.40. The fourth-order valence-electron chi connectivity index (χ4n) is 7.05. The first-order valence-corrected chi connectivity index (χ1v) is 14.7. The van der Waals surface area contributed by atoms with Crippen molar-refractivity contribution in [1.82, 2.24) is 29.7 Å². The van der Waals surface area contributed by atoms with E-state index in [1.165, 1.54) is 6.33 Å². The SMILES string of the molecule is COC1=C(C)C(C2CC2)(N2C3COC(C3)C2c2ccc(-c3nc(C(F)(F)F)cn3C(C)C)cc2)N=C(c2cncnc2)N1. The molecular weight excluding hydrogens is 559 g/mol. The molecule has 43 heavy (non-hydrogen) atoms. The molecule has 0 amide bonds. The quantitative estimate of drug-likeness (QED) is 0.388. The summed E-state index contributed by atoms with van der Waals surface area (Å²) in [5.41, 5.74) is 1.90. The summed E-state index contributed by atoms with van der Waals surface area (Å²) in [6.07, 6.45) is 4.46. The maximum absolute atomic E-state index is 13.5. The van der Waals surface area contributed by atoms with E-state index in [9.17, 15) is 13.2 Å². The van der Waals surface area contributed by atoms with Crippen LogP contribution in [0.4, 0.5) is 13.2 Å². The van der Waals surface area contributed by atoms with E-state index >= 15 is 0 Å². The maximum atomic E-state index is 13.5. The van der Waals surface area contributed by atoms with E-state index in [-0.39, 0.29) is 24.2 Å². The van der Waals surface area contributed by atoms with Gasteiger partial charge in [0.1, 0.15) is 23.7 Å². The number of fused-ring (bicyclic) bond motifs is 2. The molecule has 3 aliphatic heterocycles. The molecule has 4 aliphatic rings. The van der Waals surface area contributed by atoms with E-state index in [0.29, 0.717) is 35.6 Å². The number of hydrogen-bond acceptors (Lipinski definition) is 8. The first-order valence-electron chi connectivity index (χ1n) is 14.7. The zero-order valence-electron chi connectivity index (χ0n) is 24.5. The van der Waals surface area contributed by atoms with Crippen LogP contribution >= 0.6 is 0 Å². The van der Waals surface area contributed by atoms with Crippen LogP contribution in [0.3, 0.4) is 0 Å². The number of nitrogens with zero attached hydrogens (tertiary/aromatic N) is 6. The van der Waals surface area contributed by atoms with E-state index in [1.807, 2.05) is 38.1 Å². The normalized spacial score (nSPS) is 27.5. The molecule has 5 heterocycles. The van der Waals surface area contributed by atoms with Crippen molar-refractivity contribution in [1.29, 1.82) is 0 Å². The summed E-state index contributed by atoms with van der Waals surface area (Å²) >= 11 is 0. The Morgan fingerprint density at radius 1 is 1.09 bits per heavy atom. The number of benzene rings is 1. The summed E-state index contributed by atoms with van der Waals surface area (Å²) in [6, 6.07) is 7.59. The van der Waals surface area contributed by atoms with Crippen LogP contribution in [0.5, 0.6) is 0 Å². The molecule has 0 radical (unpaired) electrons. The van der Waals surface area contributed by atoms with Crippen LogP contribution in [0.1, 0.15) is 68.9 Å². The number of aromatic nitrogens is 4. The zero-order chi connectivity index (χ0) is 30.1. The summed E-state index contributed by atoms with van der Waals surface area (Å²) in [4.78, 5) is 20.4. The van der Waals surface area contributed by atoms with Gasteiger partial charge in [-0.25, -0.2) is 19.9 Å². The van der Waals surface area contributed by atoms with E-state index in [1.54, 1.807) is 24.1 Å². The highest BCUT2D eigenvalue weighted by Gasteiger charge is 2.63. The lowest BCUT2D eigenvalue weighted by Crippen LogP contribution is -2.59. The first-order chi connectivity index (χ1) is 20.6. The highest BCUT2D eigenvalue weighted by molar-refractivity contribution is 6.00. The summed E-state index contributed by atoms with van der Waals surface area (Å²) in [5.74, 6) is 1.92. The fraction of sp³-hybridized carbons (Fsp3) is 0.484. The Morgan fingerprint density at radius 3 is 2.44 bits per heavy atom. The molecule has 3 fully saturated rings. The van der Waals surface area contributed by atoms with Gasteiger partial charge in [0, 0.05) is 47.7 Å². The second-order valence-corrected chi connectivity index (χ2v) is 12.1. The molecule has 4 unspecified atom stereocenters. The minimum absolute atomic E-state index is 0.0339. The summed E-state index contributed by atoms with van der Waals surface area (Å²) in [7, 11) is 1.66. The predicted molar refractivity (Wildman–Crippen MR) is 153 cm³/mol. The molecule has 1 aromatic carbocycles. The van der Waals surface area contributed by atoms with Gasteiger partial charge in [-0.15, -0.1) is 0 Å². The lowest BCUT2D eigenvalue weighted by atomic mass is 9.88. The van der Waals surface area contributed by atoms with Crippen LogP contribution in [0, 0.1) is 5.92 Å². The van der Waals surface area contributed by atoms with Crippen molar-refractivity contribution >= 4 is 5.84 Å². The maximum Gasteiger partial charge on any atom is 0.434 e. The number of amidine groups is 1. The van der Waals surface area contributed by atoms with Crippen LogP contribution in [0.25, 0.3) is 11.4 Å². The molecule has 2 saturated heterocycles. The minimum atomic E-state index is -4.51. The highest BCUT2D eigenvalue weighted by Crippen LogP contribution is 2.58. The van der Waals surface area contributed by atoms with Gasteiger partial charge in [-0.2, -0.15) is 13.2 Å². The first kappa shape index (κ1) is 28.0. The number of hydrogen-bond donors (Lipinski definition) is 1. The molecule has 1 N–H and O–H groups in total. The number of nitrogens with one attached hydrogen (secondary N) is 1. The molecule has 7 rings (SSSR count). The predicted octanol–water partition coefficient (Wildman–Crippen LogP) is 5.49. The third-order valence-corrected chi connectivity index (χ3v) is 9.13. The second-order valence-electron chi connectivity index (χ2n) is 12.1. The Balaban J connectivity index is 1.31. The van der Waals surface area contributed by atoms with Crippen molar-refractivity contribution in [2.45, 2.75) is 76.1 Å². The Kier molecular flexibility index (Phi) is 6.62. The van der Waals surface area contributed by atoms with E-state index < -0.39 is 17.5 Å². The van der Waals surface area contributed by atoms with Gasteiger partial charge in [0.25, 0.3) is 0 Å². The number of rotatable bonds is 7. The lowest BCUT2D eigenvalue weighted by Gasteiger charge is -2.50. The highest BCUT2D eigenvalue weighted by atomic mass is 19.4. The molecule has 1 saturated carbocycles. The second kappa shape index (κ2) is 10.2. The number of ether oxygens (including phenoxy) is 2. The molecule has 226 valence electrons. The van der Waals surface area contributed by atoms with Crippen molar-refractivity contribution in [3.05, 3.63) is 77.5 Å². The lowest BCUT2D eigenvalue weighted by molar-refractivity contribution is -0.140. The van der Waals surface area contributed by atoms with Gasteiger partial charge in [0.2, 0.25) is 0 Å². The minimum Gasteiger partial charge on any atom is -0.482 e. The molecule has 4 atom stereocenters. The van der Waals surface area contributed by atoms with Gasteiger partial charge in [-0.1, -0.05) is 24.3 Å². The third-order valence-electron chi connectivity index (χ3n) is 9.13. The fourth-order valence-corrected chi connectivity index (χ4v) is 7.05. The van der Waals surface area contributed by atoms with E-state index in [4.69, 9.17) is 14.5 Å². The topological polar surface area (TPSA) is 89.7 Å². The van der Waals surface area contributed by atoms with Gasteiger partial charge >= 0.3 is 6.18 Å². The monoisotopic (exact) mass is 593 g/mol. The number of alkyl halides is 3. The Hall–Kier alpha value is -3.77. The number of morpholine rings is 1. The number of imidazole rings is 1. The van der Waals surface area contributed by atoms with Gasteiger partial charge in [0.15, 0.2) is 11.6 Å². The van der Waals surface area contributed by atoms with E-state index in [2.05, 4.69) is 32.1 Å². The number of likely N-dealkylation sites (tertiary alicyclic amines) is 1. The van der Waals surface area contributed by atoms with Crippen molar-refractivity contribution in [2.24, 2.45) is 10.9 Å². The van der Waals surface area contributed by atoms with Crippen LogP contribution in [-0.2, 0) is 15.7 Å². The number of methoxy groups -OCH3 is 1. The molecule has 2 bridgehead atoms. The Morgan fingerprint density at radius 2 is 1.81 bits per heavy atom. The van der Waals surface area contributed by atoms with Gasteiger partial charge in [-0.05, 0) is 45.6 Å². The van der Waals surface area contributed by atoms with Crippen molar-refractivity contribution in [3.63, 3.8) is 0 Å². The van der Waals surface area contributed by atoms with Gasteiger partial charge < -0.3 is 19.4 Å². The molecule has 9 nitrogen and oxygen atoms in total. The average Bonchev–Trinajstić information content (AvgIpc) is 3.42. The molecule has 2 aromatic heterocycles. The molecular formula is C31H34F3N7O2. The van der Waals surface area contributed by atoms with Crippen LogP contribution < -0.4 is 5.32 Å². The summed E-state index contributed by atoms with van der Waals surface area (Å²) < 4.78 is 54.3. The van der Waals surface area contributed by atoms with Crippen LogP contribution in [0.15, 0.2) is 65.6 Å². The summed E-state index contributed by atoms with van der Waals surface area (Å²) in [5, 5.41) is 3.36. The van der Waals surface area contributed by atoms with Crippen LogP contribution in [-0.4, -0.2) is 61.8 Å². The van der Waals surface area contributed by atoms with Crippen LogP contribution in [0.2, 0.25) is 0 Å². The smallest absolute Gasteiger partial charge is 0.434 e. The van der Waals surface area contributed by atoms with E-state index in [0.717, 1.165) is 42.2 Å².